The maximum Gasteiger partial charge on any atom is 0.252 e. The summed E-state index contributed by atoms with van der Waals surface area (Å²) in [6.45, 7) is 13.2. The molecule has 0 saturated carbocycles. The summed E-state index contributed by atoms with van der Waals surface area (Å²) >= 11 is 0. The first kappa shape index (κ1) is 19.7. The zero-order chi connectivity index (χ0) is 19.7. The van der Waals surface area contributed by atoms with Gasteiger partial charge in [-0.1, -0.05) is 77.9 Å². The molecule has 0 fully saturated rings. The highest BCUT2D eigenvalue weighted by molar-refractivity contribution is 5.98. The average molecular weight is 364 g/mol. The van der Waals surface area contributed by atoms with E-state index < -0.39 is 0 Å². The summed E-state index contributed by atoms with van der Waals surface area (Å²) in [4.78, 5) is 13.4. The summed E-state index contributed by atoms with van der Waals surface area (Å²) in [5.74, 6) is 1.20. The van der Waals surface area contributed by atoms with Crippen LogP contribution in [0.3, 0.4) is 0 Å². The van der Waals surface area contributed by atoms with Crippen LogP contribution in [0.5, 0.6) is 0 Å². The van der Waals surface area contributed by atoms with Crippen molar-refractivity contribution >= 4 is 5.91 Å². The Balaban J connectivity index is 1.94. The largest absolute Gasteiger partial charge is 0.349 e. The zero-order valence-electron chi connectivity index (χ0n) is 17.6. The van der Waals surface area contributed by atoms with Gasteiger partial charge in [0.15, 0.2) is 0 Å². The number of hydrogen-bond acceptors (Lipinski definition) is 1. The first-order valence-corrected chi connectivity index (χ1v) is 10.3. The Morgan fingerprint density at radius 3 is 1.74 bits per heavy atom. The lowest BCUT2D eigenvalue weighted by Gasteiger charge is -2.23. The van der Waals surface area contributed by atoms with E-state index in [4.69, 9.17) is 0 Å². The quantitative estimate of drug-likeness (QED) is 0.698. The van der Waals surface area contributed by atoms with Crippen LogP contribution in [0.2, 0.25) is 0 Å². The molecule has 1 N–H and O–H groups in total. The van der Waals surface area contributed by atoms with E-state index in [1.54, 1.807) is 0 Å². The minimum absolute atomic E-state index is 0.0931. The maximum absolute atomic E-state index is 13.4. The molecule has 2 aromatic carbocycles. The molecule has 3 rings (SSSR count). The predicted molar refractivity (Wildman–Crippen MR) is 114 cm³/mol. The molecule has 0 saturated heterocycles. The van der Waals surface area contributed by atoms with Gasteiger partial charge in [-0.15, -0.1) is 0 Å². The van der Waals surface area contributed by atoms with Crippen LogP contribution in [-0.2, 0) is 12.8 Å². The molecule has 2 heteroatoms. The lowest BCUT2D eigenvalue weighted by atomic mass is 9.84. The van der Waals surface area contributed by atoms with Crippen LogP contribution in [0.1, 0.15) is 97.5 Å². The topological polar surface area (TPSA) is 29.1 Å². The molecular formula is C25H33NO. The number of fused-ring (bicyclic) bond motifs is 1. The molecule has 27 heavy (non-hydrogen) atoms. The van der Waals surface area contributed by atoms with Crippen LogP contribution in [0.25, 0.3) is 0 Å². The number of nitrogens with one attached hydrogen (secondary N) is 1. The molecule has 0 bridgehead atoms. The van der Waals surface area contributed by atoms with Crippen molar-refractivity contribution in [1.29, 1.82) is 0 Å². The van der Waals surface area contributed by atoms with Gasteiger partial charge < -0.3 is 5.32 Å². The molecule has 1 aliphatic carbocycles. The van der Waals surface area contributed by atoms with Crippen LogP contribution in [0, 0.1) is 0 Å². The minimum atomic E-state index is 0.0931. The Labute approximate surface area is 164 Å². The van der Waals surface area contributed by atoms with Gasteiger partial charge in [-0.25, -0.2) is 0 Å². The summed E-state index contributed by atoms with van der Waals surface area (Å²) in [7, 11) is 0. The van der Waals surface area contributed by atoms with Crippen molar-refractivity contribution in [2.45, 2.75) is 78.2 Å². The van der Waals surface area contributed by atoms with Crippen molar-refractivity contribution in [3.63, 3.8) is 0 Å². The van der Waals surface area contributed by atoms with Gasteiger partial charge in [-0.05, 0) is 58.4 Å². The Hall–Kier alpha value is -2.09. The molecule has 2 nitrogen and oxygen atoms in total. The highest BCUT2D eigenvalue weighted by atomic mass is 16.1. The Kier molecular flexibility index (Phi) is 5.74. The van der Waals surface area contributed by atoms with E-state index in [1.807, 2.05) is 0 Å². The monoisotopic (exact) mass is 363 g/mol. The minimum Gasteiger partial charge on any atom is -0.349 e. The average Bonchev–Trinajstić information content (AvgIpc) is 3.02. The first-order chi connectivity index (χ1) is 12.8. The summed E-state index contributed by atoms with van der Waals surface area (Å²) in [6.07, 6.45) is 1.86. The van der Waals surface area contributed by atoms with Crippen molar-refractivity contribution < 1.29 is 4.79 Å². The Bertz CT molecular complexity index is 778. The highest BCUT2D eigenvalue weighted by Gasteiger charge is 2.27. The van der Waals surface area contributed by atoms with E-state index in [2.05, 4.69) is 83.3 Å². The summed E-state index contributed by atoms with van der Waals surface area (Å²) in [6, 6.07) is 13.2. The van der Waals surface area contributed by atoms with Gasteiger partial charge in [0.2, 0.25) is 0 Å². The van der Waals surface area contributed by atoms with E-state index in [-0.39, 0.29) is 11.9 Å². The van der Waals surface area contributed by atoms with Gasteiger partial charge in [-0.3, -0.25) is 4.79 Å². The van der Waals surface area contributed by atoms with Gasteiger partial charge in [0.25, 0.3) is 5.91 Å². The molecular weight excluding hydrogens is 330 g/mol. The predicted octanol–water partition coefficient (Wildman–Crippen LogP) is 5.95. The molecule has 0 aliphatic heterocycles. The summed E-state index contributed by atoms with van der Waals surface area (Å²) in [5.41, 5.74) is 7.32. The third-order valence-corrected chi connectivity index (χ3v) is 5.75. The second-order valence-electron chi connectivity index (χ2n) is 8.89. The molecule has 0 spiro atoms. The Morgan fingerprint density at radius 1 is 0.852 bits per heavy atom. The van der Waals surface area contributed by atoms with Crippen LogP contribution < -0.4 is 5.32 Å². The van der Waals surface area contributed by atoms with E-state index in [9.17, 15) is 4.79 Å². The van der Waals surface area contributed by atoms with Gasteiger partial charge in [-0.2, -0.15) is 0 Å². The molecule has 0 heterocycles. The third-order valence-electron chi connectivity index (χ3n) is 5.75. The van der Waals surface area contributed by atoms with Crippen LogP contribution >= 0.6 is 0 Å². The van der Waals surface area contributed by atoms with Crippen molar-refractivity contribution in [1.82, 2.24) is 5.32 Å². The lowest BCUT2D eigenvalue weighted by molar-refractivity contribution is 0.0936. The van der Waals surface area contributed by atoms with E-state index in [0.717, 1.165) is 18.4 Å². The molecule has 0 radical (unpaired) electrons. The van der Waals surface area contributed by atoms with Crippen molar-refractivity contribution in [2.75, 3.05) is 0 Å². The fourth-order valence-electron chi connectivity index (χ4n) is 4.14. The van der Waals surface area contributed by atoms with Crippen LogP contribution in [0.4, 0.5) is 0 Å². The number of rotatable bonds is 5. The van der Waals surface area contributed by atoms with E-state index in [0.29, 0.717) is 17.8 Å². The molecule has 2 aromatic rings. The van der Waals surface area contributed by atoms with E-state index >= 15 is 0 Å². The second kappa shape index (κ2) is 7.88. The smallest absolute Gasteiger partial charge is 0.252 e. The first-order valence-electron chi connectivity index (χ1n) is 10.3. The lowest BCUT2D eigenvalue weighted by Crippen LogP contribution is -2.36. The van der Waals surface area contributed by atoms with Gasteiger partial charge in [0, 0.05) is 11.6 Å². The standard InChI is InChI=1S/C25H33NO/c1-15(2)20-13-22(16(3)4)24(23(14-20)17(5)6)25(27)26-21-11-18-9-7-8-10-19(18)12-21/h7-10,13-17,21H,11-12H2,1-6H3,(H,26,27). The second-order valence-corrected chi connectivity index (χ2v) is 8.89. The molecule has 0 aromatic heterocycles. The maximum atomic E-state index is 13.4. The molecule has 0 atom stereocenters. The highest BCUT2D eigenvalue weighted by Crippen LogP contribution is 2.32. The van der Waals surface area contributed by atoms with Crippen LogP contribution in [-0.4, -0.2) is 11.9 Å². The Morgan fingerprint density at radius 2 is 1.33 bits per heavy atom. The molecule has 0 unspecified atom stereocenters. The van der Waals surface area contributed by atoms with Crippen molar-refractivity contribution in [3.05, 3.63) is 69.8 Å². The number of hydrogen-bond donors (Lipinski definition) is 1. The summed E-state index contributed by atoms with van der Waals surface area (Å²) in [5, 5.41) is 3.34. The normalized spacial score (nSPS) is 14.3. The zero-order valence-corrected chi connectivity index (χ0v) is 17.6. The fraction of sp³-hybridized carbons (Fsp3) is 0.480. The van der Waals surface area contributed by atoms with Gasteiger partial charge in [0.05, 0.1) is 0 Å². The van der Waals surface area contributed by atoms with Crippen molar-refractivity contribution in [2.24, 2.45) is 0 Å². The molecule has 1 amide bonds. The summed E-state index contributed by atoms with van der Waals surface area (Å²) < 4.78 is 0. The van der Waals surface area contributed by atoms with Gasteiger partial charge >= 0.3 is 0 Å². The fourth-order valence-corrected chi connectivity index (χ4v) is 4.14. The SMILES string of the molecule is CC(C)c1cc(C(C)C)c(C(=O)NC2Cc3ccccc3C2)c(C(C)C)c1. The third kappa shape index (κ3) is 4.10. The van der Waals surface area contributed by atoms with Crippen molar-refractivity contribution in [3.8, 4) is 0 Å². The van der Waals surface area contributed by atoms with E-state index in [1.165, 1.54) is 27.8 Å². The van der Waals surface area contributed by atoms with Gasteiger partial charge in [0.1, 0.15) is 0 Å². The molecule has 1 aliphatic rings. The number of carbonyl (C=O) groups excluding carboxylic acids is 1. The van der Waals surface area contributed by atoms with Crippen LogP contribution in [0.15, 0.2) is 36.4 Å². The number of carbonyl (C=O) groups is 1. The number of benzene rings is 2. The molecule has 144 valence electrons. The number of amides is 1.